The van der Waals surface area contributed by atoms with Gasteiger partial charge in [-0.15, -0.1) is 0 Å². The normalized spacial score (nSPS) is 11.1. The molecule has 1 aromatic heterocycles. The van der Waals surface area contributed by atoms with Crippen LogP contribution in [0.15, 0.2) is 18.3 Å². The molecule has 0 unspecified atom stereocenters. The first-order valence-electron chi connectivity index (χ1n) is 4.52. The lowest BCUT2D eigenvalue weighted by Gasteiger charge is -2.07. The summed E-state index contributed by atoms with van der Waals surface area (Å²) in [6, 6.07) is 4.47. The van der Waals surface area contributed by atoms with Crippen molar-refractivity contribution in [2.45, 2.75) is 20.8 Å². The van der Waals surface area contributed by atoms with Crippen LogP contribution in [0.5, 0.6) is 0 Å². The maximum absolute atomic E-state index is 2.31. The second kappa shape index (κ2) is 3.77. The van der Waals surface area contributed by atoms with Crippen molar-refractivity contribution in [2.24, 2.45) is 0 Å². The number of rotatable bonds is 1. The molecule has 0 spiro atoms. The van der Waals surface area contributed by atoms with Gasteiger partial charge in [0.15, 0.2) is 0 Å². The topological polar surface area (TPSA) is 4.93 Å². The molecule has 0 saturated heterocycles. The average Bonchev–Trinajstić information content (AvgIpc) is 2.58. The van der Waals surface area contributed by atoms with E-state index in [9.17, 15) is 0 Å². The minimum Gasteiger partial charge on any atom is -0.282 e. The molecule has 14 heavy (non-hydrogen) atoms. The molecule has 0 fully saturated rings. The molecule has 0 atom stereocenters. The van der Waals surface area contributed by atoms with Gasteiger partial charge in [-0.05, 0) is 43.5 Å². The van der Waals surface area contributed by atoms with Crippen LogP contribution in [0.3, 0.4) is 0 Å². The van der Waals surface area contributed by atoms with Crippen LogP contribution >= 0.6 is 30.3 Å². The van der Waals surface area contributed by atoms with E-state index in [0.29, 0.717) is 0 Å². The first-order chi connectivity index (χ1) is 6.65. The fraction of sp³-hybridized carbons (Fsp3) is 0.273. The number of hydrogen-bond donors (Lipinski definition) is 0. The summed E-state index contributed by atoms with van der Waals surface area (Å²) < 4.78 is 2.22. The predicted octanol–water partition coefficient (Wildman–Crippen LogP) is 4.41. The Kier molecular flexibility index (Phi) is 2.79. The standard InChI is InChI=1S/C11H12INS/c1-7-6-8(2)11-10(9(7)3)4-5-13(11)14-12/h4-6H,1-3H3. The van der Waals surface area contributed by atoms with E-state index < -0.39 is 0 Å². The zero-order chi connectivity index (χ0) is 10.3. The number of aromatic nitrogens is 1. The maximum atomic E-state index is 2.31. The lowest BCUT2D eigenvalue weighted by atomic mass is 10.0. The SMILES string of the molecule is Cc1cc(C)c2c(ccn2SI)c1C. The molecule has 0 aliphatic rings. The Morgan fingerprint density at radius 3 is 2.57 bits per heavy atom. The number of nitrogens with zero attached hydrogens (tertiary/aromatic N) is 1. The van der Waals surface area contributed by atoms with E-state index in [1.165, 1.54) is 27.6 Å². The molecule has 1 heterocycles. The summed E-state index contributed by atoms with van der Waals surface area (Å²) >= 11 is 2.31. The molecule has 0 bridgehead atoms. The predicted molar refractivity (Wildman–Crippen MR) is 73.2 cm³/mol. The van der Waals surface area contributed by atoms with Crippen LogP contribution in [-0.4, -0.2) is 3.97 Å². The molecular weight excluding hydrogens is 305 g/mol. The highest BCUT2D eigenvalue weighted by Gasteiger charge is 2.08. The van der Waals surface area contributed by atoms with Crippen molar-refractivity contribution in [3.05, 3.63) is 35.0 Å². The third kappa shape index (κ3) is 1.46. The van der Waals surface area contributed by atoms with Crippen molar-refractivity contribution in [3.8, 4) is 0 Å². The van der Waals surface area contributed by atoms with Crippen molar-refractivity contribution in [3.63, 3.8) is 0 Å². The zero-order valence-electron chi connectivity index (χ0n) is 8.47. The number of hydrogen-bond acceptors (Lipinski definition) is 1. The van der Waals surface area contributed by atoms with Gasteiger partial charge in [0.05, 0.1) is 5.52 Å². The Hall–Kier alpha value is -0.160. The van der Waals surface area contributed by atoms with Crippen molar-refractivity contribution >= 4 is 41.2 Å². The molecule has 1 aromatic carbocycles. The maximum Gasteiger partial charge on any atom is 0.0630 e. The summed E-state index contributed by atoms with van der Waals surface area (Å²) in [4.78, 5) is 0. The second-order valence-electron chi connectivity index (χ2n) is 3.61. The fourth-order valence-electron chi connectivity index (χ4n) is 1.87. The van der Waals surface area contributed by atoms with Crippen molar-refractivity contribution in [1.29, 1.82) is 0 Å². The Balaban J connectivity index is 2.90. The summed E-state index contributed by atoms with van der Waals surface area (Å²) in [5, 5.41) is 1.38. The van der Waals surface area contributed by atoms with Crippen LogP contribution in [0.4, 0.5) is 0 Å². The number of fused-ring (bicyclic) bond motifs is 1. The van der Waals surface area contributed by atoms with Gasteiger partial charge in [0.25, 0.3) is 0 Å². The van der Waals surface area contributed by atoms with Gasteiger partial charge in [0.1, 0.15) is 0 Å². The smallest absolute Gasteiger partial charge is 0.0630 e. The quantitative estimate of drug-likeness (QED) is 0.705. The van der Waals surface area contributed by atoms with Crippen LogP contribution in [-0.2, 0) is 0 Å². The molecule has 0 aliphatic heterocycles. The van der Waals surface area contributed by atoms with Crippen molar-refractivity contribution in [1.82, 2.24) is 3.97 Å². The molecule has 0 aliphatic carbocycles. The van der Waals surface area contributed by atoms with E-state index in [1.807, 2.05) is 0 Å². The van der Waals surface area contributed by atoms with Crippen molar-refractivity contribution < 1.29 is 0 Å². The number of benzene rings is 1. The molecule has 2 aromatic rings. The minimum absolute atomic E-state index is 1.35. The Labute approximate surface area is 101 Å². The Morgan fingerprint density at radius 1 is 1.21 bits per heavy atom. The molecule has 3 heteroatoms. The van der Waals surface area contributed by atoms with E-state index in [-0.39, 0.29) is 0 Å². The molecule has 0 radical (unpaired) electrons. The number of halogens is 1. The summed E-state index contributed by atoms with van der Waals surface area (Å²) in [7, 11) is 1.72. The first-order valence-corrected chi connectivity index (χ1v) is 7.83. The summed E-state index contributed by atoms with van der Waals surface area (Å²) in [5.41, 5.74) is 5.49. The highest BCUT2D eigenvalue weighted by Crippen LogP contribution is 2.30. The van der Waals surface area contributed by atoms with Gasteiger partial charge in [0.2, 0.25) is 0 Å². The monoisotopic (exact) mass is 317 g/mol. The van der Waals surface area contributed by atoms with Crippen LogP contribution in [0.2, 0.25) is 0 Å². The molecule has 2 rings (SSSR count). The van der Waals surface area contributed by atoms with Crippen LogP contribution in [0, 0.1) is 20.8 Å². The molecule has 0 N–H and O–H groups in total. The van der Waals surface area contributed by atoms with E-state index in [4.69, 9.17) is 0 Å². The highest BCUT2D eigenvalue weighted by molar-refractivity contribution is 14.2. The highest BCUT2D eigenvalue weighted by atomic mass is 127. The van der Waals surface area contributed by atoms with E-state index >= 15 is 0 Å². The van der Waals surface area contributed by atoms with Gasteiger partial charge in [-0.2, -0.15) is 0 Å². The Morgan fingerprint density at radius 2 is 1.93 bits per heavy atom. The zero-order valence-corrected chi connectivity index (χ0v) is 11.4. The molecule has 0 amide bonds. The number of aryl methyl sites for hydroxylation is 3. The van der Waals surface area contributed by atoms with E-state index in [0.717, 1.165) is 0 Å². The lowest BCUT2D eigenvalue weighted by molar-refractivity contribution is 1.30. The van der Waals surface area contributed by atoms with Crippen molar-refractivity contribution in [2.75, 3.05) is 0 Å². The largest absolute Gasteiger partial charge is 0.282 e. The molecule has 0 saturated carbocycles. The molecule has 74 valence electrons. The van der Waals surface area contributed by atoms with Gasteiger partial charge in [-0.1, -0.05) is 6.07 Å². The first kappa shape index (κ1) is 10.4. The van der Waals surface area contributed by atoms with Crippen LogP contribution in [0.25, 0.3) is 10.9 Å². The third-order valence-electron chi connectivity index (χ3n) is 2.73. The third-order valence-corrected chi connectivity index (χ3v) is 4.45. The van der Waals surface area contributed by atoms with Crippen LogP contribution in [0.1, 0.15) is 16.7 Å². The van der Waals surface area contributed by atoms with Gasteiger partial charge >= 0.3 is 0 Å². The van der Waals surface area contributed by atoms with Gasteiger partial charge in [-0.25, -0.2) is 0 Å². The summed E-state index contributed by atoms with van der Waals surface area (Å²) in [6.07, 6.45) is 2.14. The Bertz CT molecular complexity index is 487. The molecular formula is C11H12INS. The van der Waals surface area contributed by atoms with Gasteiger partial charge in [0, 0.05) is 41.9 Å². The second-order valence-corrected chi connectivity index (χ2v) is 5.32. The van der Waals surface area contributed by atoms with E-state index in [1.54, 1.807) is 9.12 Å². The molecule has 1 nitrogen and oxygen atoms in total. The van der Waals surface area contributed by atoms with Gasteiger partial charge < -0.3 is 0 Å². The minimum atomic E-state index is 1.35. The van der Waals surface area contributed by atoms with Crippen LogP contribution < -0.4 is 0 Å². The van der Waals surface area contributed by atoms with E-state index in [2.05, 4.69) is 64.3 Å². The fourth-order valence-corrected chi connectivity index (χ4v) is 3.28. The summed E-state index contributed by atoms with van der Waals surface area (Å²) in [5.74, 6) is 0. The lowest BCUT2D eigenvalue weighted by Crippen LogP contribution is -1.88. The van der Waals surface area contributed by atoms with Gasteiger partial charge in [-0.3, -0.25) is 3.97 Å². The average molecular weight is 317 g/mol. The summed E-state index contributed by atoms with van der Waals surface area (Å²) in [6.45, 7) is 6.55.